The second-order valence-corrected chi connectivity index (χ2v) is 8.59. The number of benzene rings is 2. The standard InChI is InChI=1S/C27H31N3O3/c1-3-20-10-12-24(13-11-20)29-27(32)30-15-5-8-23(18-30)21-6-4-7-22(16-21)26(31)28-17-25-14-9-19(2)33-25/h4,6-7,9-14,16,23H,3,5,8,15,17-18H2,1-2H3,(H,28,31)(H,29,32)/t23-/m0/s1. The van der Waals surface area contributed by atoms with Crippen LogP contribution in [0.25, 0.3) is 0 Å². The van der Waals surface area contributed by atoms with Gasteiger partial charge >= 0.3 is 6.03 Å². The maximum Gasteiger partial charge on any atom is 0.321 e. The third-order valence-corrected chi connectivity index (χ3v) is 6.16. The van der Waals surface area contributed by atoms with Gasteiger partial charge in [-0.15, -0.1) is 0 Å². The van der Waals surface area contributed by atoms with Crippen molar-refractivity contribution in [1.29, 1.82) is 0 Å². The van der Waals surface area contributed by atoms with Crippen molar-refractivity contribution in [3.8, 4) is 0 Å². The number of urea groups is 1. The van der Waals surface area contributed by atoms with Crippen molar-refractivity contribution in [2.45, 2.75) is 45.6 Å². The van der Waals surface area contributed by atoms with Crippen LogP contribution in [-0.4, -0.2) is 29.9 Å². The summed E-state index contributed by atoms with van der Waals surface area (Å²) in [5, 5.41) is 5.93. The first-order chi connectivity index (χ1) is 16.0. The molecule has 2 aromatic carbocycles. The van der Waals surface area contributed by atoms with E-state index in [9.17, 15) is 9.59 Å². The fraction of sp³-hybridized carbons (Fsp3) is 0.333. The molecule has 0 spiro atoms. The molecule has 2 N–H and O–H groups in total. The van der Waals surface area contributed by atoms with Crippen LogP contribution in [0.15, 0.2) is 65.1 Å². The minimum Gasteiger partial charge on any atom is -0.465 e. The van der Waals surface area contributed by atoms with Gasteiger partial charge in [-0.25, -0.2) is 4.79 Å². The molecule has 6 nitrogen and oxygen atoms in total. The molecule has 2 heterocycles. The Bertz CT molecular complexity index is 1100. The highest BCUT2D eigenvalue weighted by Crippen LogP contribution is 2.28. The summed E-state index contributed by atoms with van der Waals surface area (Å²) in [5.41, 5.74) is 3.76. The molecule has 33 heavy (non-hydrogen) atoms. The molecule has 1 atom stereocenters. The molecule has 0 bridgehead atoms. The van der Waals surface area contributed by atoms with Crippen LogP contribution >= 0.6 is 0 Å². The Hall–Kier alpha value is -3.54. The zero-order valence-electron chi connectivity index (χ0n) is 19.3. The molecule has 0 unspecified atom stereocenters. The summed E-state index contributed by atoms with van der Waals surface area (Å²) in [6.45, 7) is 5.71. The summed E-state index contributed by atoms with van der Waals surface area (Å²) >= 11 is 0. The van der Waals surface area contributed by atoms with Gasteiger partial charge in [0.15, 0.2) is 0 Å². The fourth-order valence-corrected chi connectivity index (χ4v) is 4.24. The van der Waals surface area contributed by atoms with E-state index in [2.05, 4.69) is 17.6 Å². The van der Waals surface area contributed by atoms with E-state index in [1.54, 1.807) is 0 Å². The molecular weight excluding hydrogens is 414 g/mol. The van der Waals surface area contributed by atoms with Gasteiger partial charge in [0.05, 0.1) is 6.54 Å². The Kier molecular flexibility index (Phi) is 7.13. The number of amides is 3. The number of aryl methyl sites for hydroxylation is 2. The van der Waals surface area contributed by atoms with E-state index >= 15 is 0 Å². The summed E-state index contributed by atoms with van der Waals surface area (Å²) in [6, 6.07) is 19.4. The smallest absolute Gasteiger partial charge is 0.321 e. The Labute approximate surface area is 195 Å². The van der Waals surface area contributed by atoms with Crippen molar-refractivity contribution >= 4 is 17.6 Å². The molecule has 172 valence electrons. The van der Waals surface area contributed by atoms with E-state index in [0.717, 1.165) is 48.6 Å². The molecule has 1 aliphatic rings. The first-order valence-corrected chi connectivity index (χ1v) is 11.6. The number of nitrogens with one attached hydrogen (secondary N) is 2. The Morgan fingerprint density at radius 3 is 2.64 bits per heavy atom. The first kappa shape index (κ1) is 22.6. The molecular formula is C27H31N3O3. The lowest BCUT2D eigenvalue weighted by atomic mass is 9.89. The third kappa shape index (κ3) is 5.83. The molecule has 6 heteroatoms. The summed E-state index contributed by atoms with van der Waals surface area (Å²) < 4.78 is 5.52. The SMILES string of the molecule is CCc1ccc(NC(=O)N2CCC[C@H](c3cccc(C(=O)NCc4ccc(C)o4)c3)C2)cc1. The van der Waals surface area contributed by atoms with Crippen molar-refractivity contribution in [2.24, 2.45) is 0 Å². The van der Waals surface area contributed by atoms with Gasteiger partial charge in [0.25, 0.3) is 5.91 Å². The van der Waals surface area contributed by atoms with Gasteiger partial charge in [0, 0.05) is 30.3 Å². The lowest BCUT2D eigenvalue weighted by molar-refractivity contribution is 0.0947. The number of carbonyl (C=O) groups is 2. The quantitative estimate of drug-likeness (QED) is 0.527. The maximum atomic E-state index is 12.8. The zero-order chi connectivity index (χ0) is 23.2. The zero-order valence-corrected chi connectivity index (χ0v) is 19.3. The number of carbonyl (C=O) groups excluding carboxylic acids is 2. The lowest BCUT2D eigenvalue weighted by Crippen LogP contribution is -2.41. The molecule has 4 rings (SSSR count). The minimum absolute atomic E-state index is 0.0772. The van der Waals surface area contributed by atoms with Crippen molar-refractivity contribution in [1.82, 2.24) is 10.2 Å². The van der Waals surface area contributed by atoms with Crippen molar-refractivity contribution in [3.63, 3.8) is 0 Å². The normalized spacial score (nSPS) is 15.8. The minimum atomic E-state index is -0.133. The number of hydrogen-bond acceptors (Lipinski definition) is 3. The second-order valence-electron chi connectivity index (χ2n) is 8.59. The molecule has 0 radical (unpaired) electrons. The van der Waals surface area contributed by atoms with E-state index in [0.29, 0.717) is 18.7 Å². The molecule has 1 aliphatic heterocycles. The monoisotopic (exact) mass is 445 g/mol. The maximum absolute atomic E-state index is 12.8. The number of anilines is 1. The third-order valence-electron chi connectivity index (χ3n) is 6.16. The number of hydrogen-bond donors (Lipinski definition) is 2. The molecule has 1 saturated heterocycles. The Balaban J connectivity index is 1.37. The van der Waals surface area contributed by atoms with Gasteiger partial charge in [-0.1, -0.05) is 31.2 Å². The van der Waals surface area contributed by atoms with Crippen LogP contribution in [0, 0.1) is 6.92 Å². The van der Waals surface area contributed by atoms with Gasteiger partial charge in [-0.3, -0.25) is 4.79 Å². The topological polar surface area (TPSA) is 74.6 Å². The van der Waals surface area contributed by atoms with Crippen LogP contribution in [0.1, 0.15) is 58.7 Å². The predicted octanol–water partition coefficient (Wildman–Crippen LogP) is 5.49. The number of furan rings is 1. The van der Waals surface area contributed by atoms with E-state index in [4.69, 9.17) is 4.42 Å². The highest BCUT2D eigenvalue weighted by Gasteiger charge is 2.25. The van der Waals surface area contributed by atoms with E-state index < -0.39 is 0 Å². The van der Waals surface area contributed by atoms with Crippen molar-refractivity contribution in [3.05, 3.63) is 88.9 Å². The van der Waals surface area contributed by atoms with E-state index in [1.165, 1.54) is 5.56 Å². The Morgan fingerprint density at radius 2 is 1.91 bits per heavy atom. The lowest BCUT2D eigenvalue weighted by Gasteiger charge is -2.33. The molecule has 3 aromatic rings. The van der Waals surface area contributed by atoms with Crippen LogP contribution in [0.4, 0.5) is 10.5 Å². The van der Waals surface area contributed by atoms with Gasteiger partial charge in [-0.05, 0) is 73.7 Å². The van der Waals surface area contributed by atoms with Gasteiger partial charge in [0.1, 0.15) is 11.5 Å². The second kappa shape index (κ2) is 10.4. The number of likely N-dealkylation sites (tertiary alicyclic amines) is 1. The first-order valence-electron chi connectivity index (χ1n) is 11.6. The highest BCUT2D eigenvalue weighted by atomic mass is 16.3. The van der Waals surface area contributed by atoms with Crippen LogP contribution in [0.3, 0.4) is 0 Å². The predicted molar refractivity (Wildman–Crippen MR) is 129 cm³/mol. The number of piperidine rings is 1. The average molecular weight is 446 g/mol. The molecule has 0 saturated carbocycles. The highest BCUT2D eigenvalue weighted by molar-refractivity contribution is 5.94. The van der Waals surface area contributed by atoms with Crippen LogP contribution in [0.5, 0.6) is 0 Å². The molecule has 1 aromatic heterocycles. The van der Waals surface area contributed by atoms with Gasteiger partial charge < -0.3 is 20.0 Å². The van der Waals surface area contributed by atoms with E-state index in [1.807, 2.05) is 72.5 Å². The summed E-state index contributed by atoms with van der Waals surface area (Å²) in [5.74, 6) is 1.62. The Morgan fingerprint density at radius 1 is 1.09 bits per heavy atom. The molecule has 3 amide bonds. The summed E-state index contributed by atoms with van der Waals surface area (Å²) in [4.78, 5) is 27.4. The van der Waals surface area contributed by atoms with E-state index in [-0.39, 0.29) is 17.9 Å². The van der Waals surface area contributed by atoms with Crippen molar-refractivity contribution < 1.29 is 14.0 Å². The summed E-state index contributed by atoms with van der Waals surface area (Å²) in [6.07, 6.45) is 2.90. The van der Waals surface area contributed by atoms with Crippen LogP contribution in [0.2, 0.25) is 0 Å². The fourth-order valence-electron chi connectivity index (χ4n) is 4.24. The molecule has 1 fully saturated rings. The van der Waals surface area contributed by atoms with Crippen LogP contribution < -0.4 is 10.6 Å². The largest absolute Gasteiger partial charge is 0.465 e. The van der Waals surface area contributed by atoms with Gasteiger partial charge in [-0.2, -0.15) is 0 Å². The average Bonchev–Trinajstić information content (AvgIpc) is 3.28. The number of rotatable bonds is 6. The summed E-state index contributed by atoms with van der Waals surface area (Å²) in [7, 11) is 0. The molecule has 0 aliphatic carbocycles. The van der Waals surface area contributed by atoms with Crippen LogP contribution in [-0.2, 0) is 13.0 Å². The van der Waals surface area contributed by atoms with Gasteiger partial charge in [0.2, 0.25) is 0 Å². The van der Waals surface area contributed by atoms with Crippen molar-refractivity contribution in [2.75, 3.05) is 18.4 Å². The number of nitrogens with zero attached hydrogens (tertiary/aromatic N) is 1.